The van der Waals surface area contributed by atoms with Crippen molar-refractivity contribution in [3.8, 4) is 0 Å². The molecule has 12 heavy (non-hydrogen) atoms. The van der Waals surface area contributed by atoms with Gasteiger partial charge < -0.3 is 0 Å². The Morgan fingerprint density at radius 1 is 1.42 bits per heavy atom. The van der Waals surface area contributed by atoms with Crippen molar-refractivity contribution in [3.05, 3.63) is 34.3 Å². The molecule has 0 N–H and O–H groups in total. The fourth-order valence-corrected chi connectivity index (χ4v) is 1.57. The van der Waals surface area contributed by atoms with Gasteiger partial charge in [0.2, 0.25) is 10.3 Å². The molecule has 4 heteroatoms. The maximum Gasteiger partial charge on any atom is 0.214 e. The van der Waals surface area contributed by atoms with Gasteiger partial charge in [-0.05, 0) is 30.2 Å². The van der Waals surface area contributed by atoms with Crippen molar-refractivity contribution < 1.29 is 8.42 Å². The molecule has 0 saturated heterocycles. The van der Waals surface area contributed by atoms with Crippen molar-refractivity contribution in [2.75, 3.05) is 0 Å². The van der Waals surface area contributed by atoms with Gasteiger partial charge in [0.05, 0.1) is 5.37 Å². The topological polar surface area (TPSA) is 34.1 Å². The highest BCUT2D eigenvalue weighted by Crippen LogP contribution is 2.13. The van der Waals surface area contributed by atoms with Crippen molar-refractivity contribution in [2.45, 2.75) is 6.92 Å². The van der Waals surface area contributed by atoms with Crippen LogP contribution in [0, 0.1) is 6.92 Å². The van der Waals surface area contributed by atoms with Gasteiger partial charge in [-0.25, -0.2) is 0 Å². The molecule has 1 aromatic carbocycles. The zero-order chi connectivity index (χ0) is 9.14. The first-order chi connectivity index (χ1) is 5.59. The molecule has 0 heterocycles. The predicted molar refractivity (Wildman–Crippen MR) is 50.3 cm³/mol. The predicted octanol–water partition coefficient (Wildman–Crippen LogP) is 1.68. The van der Waals surface area contributed by atoms with Gasteiger partial charge in [-0.2, -0.15) is 8.42 Å². The zero-order valence-electron chi connectivity index (χ0n) is 6.41. The molecule has 0 atom stereocenters. The molecule has 1 aromatic rings. The third-order valence-corrected chi connectivity index (χ3v) is 2.14. The van der Waals surface area contributed by atoms with E-state index in [1.165, 1.54) is 0 Å². The van der Waals surface area contributed by atoms with Crippen LogP contribution in [0.2, 0.25) is 5.02 Å². The van der Waals surface area contributed by atoms with E-state index >= 15 is 0 Å². The average molecular weight is 203 g/mol. The van der Waals surface area contributed by atoms with E-state index in [9.17, 15) is 8.42 Å². The molecule has 0 amide bonds. The lowest BCUT2D eigenvalue weighted by atomic mass is 10.1. The second-order valence-electron chi connectivity index (χ2n) is 2.38. The van der Waals surface area contributed by atoms with Crippen molar-refractivity contribution >= 4 is 27.3 Å². The summed E-state index contributed by atoms with van der Waals surface area (Å²) < 4.78 is 20.6. The summed E-state index contributed by atoms with van der Waals surface area (Å²) in [4.78, 5) is 0. The Bertz CT molecular complexity index is 413. The van der Waals surface area contributed by atoms with E-state index in [1.807, 2.05) is 6.92 Å². The highest BCUT2D eigenvalue weighted by Gasteiger charge is 1.95. The van der Waals surface area contributed by atoms with Crippen LogP contribution in [0.1, 0.15) is 11.1 Å². The molecule has 0 aliphatic heterocycles. The molecule has 0 spiro atoms. The van der Waals surface area contributed by atoms with Gasteiger partial charge in [0, 0.05) is 5.02 Å². The summed E-state index contributed by atoms with van der Waals surface area (Å²) in [6.45, 7) is 1.81. The molecule has 0 aliphatic carbocycles. The van der Waals surface area contributed by atoms with E-state index in [0.29, 0.717) is 10.6 Å². The molecule has 0 unspecified atom stereocenters. The lowest BCUT2D eigenvalue weighted by molar-refractivity contribution is 0.627. The molecule has 0 radical (unpaired) electrons. The molecule has 0 aliphatic rings. The summed E-state index contributed by atoms with van der Waals surface area (Å²) in [6, 6.07) is 5.06. The van der Waals surface area contributed by atoms with Gasteiger partial charge in [0.1, 0.15) is 0 Å². The maximum absolute atomic E-state index is 10.3. The van der Waals surface area contributed by atoms with Crippen LogP contribution >= 0.6 is 11.6 Å². The monoisotopic (exact) mass is 202 g/mol. The lowest BCUT2D eigenvalue weighted by Crippen LogP contribution is -1.86. The minimum absolute atomic E-state index is 0.612. The molecule has 0 fully saturated rings. The van der Waals surface area contributed by atoms with Crippen LogP contribution in [0.25, 0.3) is 0 Å². The van der Waals surface area contributed by atoms with Crippen LogP contribution in [0.3, 0.4) is 0 Å². The normalized spacial score (nSPS) is 9.50. The first kappa shape index (κ1) is 9.29. The molecule has 1 rings (SSSR count). The minimum atomic E-state index is -2.15. The summed E-state index contributed by atoms with van der Waals surface area (Å²) >= 11 is 5.69. The van der Waals surface area contributed by atoms with Crippen LogP contribution in [0.15, 0.2) is 18.2 Å². The van der Waals surface area contributed by atoms with Gasteiger partial charge >= 0.3 is 0 Å². The van der Waals surface area contributed by atoms with Gasteiger partial charge in [-0.3, -0.25) is 0 Å². The third kappa shape index (κ3) is 2.36. The molecule has 64 valence electrons. The fraction of sp³-hybridized carbons (Fsp3) is 0.125. The standard InChI is InChI=1S/C8H7ClO2S/c1-6-4-8(9)3-2-7(6)5-12(10)11/h2-5H,1H3. The van der Waals surface area contributed by atoms with E-state index in [2.05, 4.69) is 0 Å². The minimum Gasteiger partial charge on any atom is -0.185 e. The Balaban J connectivity index is 3.28. The molecule has 0 saturated carbocycles. The fourth-order valence-electron chi connectivity index (χ4n) is 0.875. The van der Waals surface area contributed by atoms with Crippen LogP contribution in [0.5, 0.6) is 0 Å². The molecular weight excluding hydrogens is 196 g/mol. The van der Waals surface area contributed by atoms with E-state index in [-0.39, 0.29) is 0 Å². The number of rotatable bonds is 1. The van der Waals surface area contributed by atoms with E-state index < -0.39 is 10.3 Å². The SMILES string of the molecule is Cc1cc(Cl)ccc1C=S(=O)=O. The van der Waals surface area contributed by atoms with Crippen molar-refractivity contribution in [1.29, 1.82) is 0 Å². The summed E-state index contributed by atoms with van der Waals surface area (Å²) in [5, 5.41) is 1.77. The van der Waals surface area contributed by atoms with Gasteiger partial charge in [-0.1, -0.05) is 17.7 Å². The Kier molecular flexibility index (Phi) is 2.89. The highest BCUT2D eigenvalue weighted by atomic mass is 35.5. The van der Waals surface area contributed by atoms with Crippen LogP contribution in [-0.2, 0) is 10.3 Å². The van der Waals surface area contributed by atoms with E-state index in [1.54, 1.807) is 18.2 Å². The average Bonchev–Trinajstić information content (AvgIpc) is 1.94. The molecular formula is C8H7ClO2S. The maximum atomic E-state index is 10.3. The summed E-state index contributed by atoms with van der Waals surface area (Å²) in [7, 11) is -2.15. The molecule has 0 aromatic heterocycles. The summed E-state index contributed by atoms with van der Waals surface area (Å²) in [5.74, 6) is 0. The van der Waals surface area contributed by atoms with Crippen LogP contribution < -0.4 is 0 Å². The third-order valence-electron chi connectivity index (χ3n) is 1.46. The molecule has 2 nitrogen and oxygen atoms in total. The van der Waals surface area contributed by atoms with Crippen LogP contribution in [-0.4, -0.2) is 13.8 Å². The number of aryl methyl sites for hydroxylation is 1. The first-order valence-corrected chi connectivity index (χ1v) is 4.80. The quantitative estimate of drug-likeness (QED) is 0.650. The van der Waals surface area contributed by atoms with E-state index in [0.717, 1.165) is 10.9 Å². The Labute approximate surface area is 77.3 Å². The van der Waals surface area contributed by atoms with Crippen molar-refractivity contribution in [3.63, 3.8) is 0 Å². The van der Waals surface area contributed by atoms with Crippen LogP contribution in [0.4, 0.5) is 0 Å². The second kappa shape index (κ2) is 3.74. The number of hydrogen-bond acceptors (Lipinski definition) is 2. The number of benzene rings is 1. The summed E-state index contributed by atoms with van der Waals surface area (Å²) in [5.41, 5.74) is 1.53. The number of halogens is 1. The number of hydrogen-bond donors (Lipinski definition) is 0. The smallest absolute Gasteiger partial charge is 0.185 e. The summed E-state index contributed by atoms with van der Waals surface area (Å²) in [6.07, 6.45) is 0. The lowest BCUT2D eigenvalue weighted by Gasteiger charge is -1.97. The Morgan fingerprint density at radius 3 is 2.58 bits per heavy atom. The molecule has 0 bridgehead atoms. The second-order valence-corrected chi connectivity index (χ2v) is 3.57. The first-order valence-electron chi connectivity index (χ1n) is 3.28. The largest absolute Gasteiger partial charge is 0.214 e. The van der Waals surface area contributed by atoms with Gasteiger partial charge in [0.25, 0.3) is 0 Å². The Morgan fingerprint density at radius 2 is 2.08 bits per heavy atom. The Hall–Kier alpha value is -0.800. The zero-order valence-corrected chi connectivity index (χ0v) is 7.98. The van der Waals surface area contributed by atoms with Gasteiger partial charge in [0.15, 0.2) is 0 Å². The highest BCUT2D eigenvalue weighted by molar-refractivity contribution is 7.71. The van der Waals surface area contributed by atoms with Crippen molar-refractivity contribution in [2.24, 2.45) is 0 Å². The van der Waals surface area contributed by atoms with Gasteiger partial charge in [-0.15, -0.1) is 0 Å². The van der Waals surface area contributed by atoms with E-state index in [4.69, 9.17) is 11.6 Å². The van der Waals surface area contributed by atoms with Crippen molar-refractivity contribution in [1.82, 2.24) is 0 Å².